The SMILES string of the molecule is C=C(C)C[C@H](N)C(C)C. The number of hydrogen-bond acceptors (Lipinski definition) is 1. The Balaban J connectivity index is 3.50. The van der Waals surface area contributed by atoms with E-state index in [1.807, 2.05) is 6.92 Å². The largest absolute Gasteiger partial charge is 0.327 e. The molecule has 0 heterocycles. The van der Waals surface area contributed by atoms with E-state index in [1.165, 1.54) is 5.57 Å². The lowest BCUT2D eigenvalue weighted by Crippen LogP contribution is -2.26. The van der Waals surface area contributed by atoms with Crippen LogP contribution in [-0.4, -0.2) is 6.04 Å². The van der Waals surface area contributed by atoms with Crippen LogP contribution in [0.4, 0.5) is 0 Å². The lowest BCUT2D eigenvalue weighted by atomic mass is 9.99. The summed E-state index contributed by atoms with van der Waals surface area (Å²) in [5, 5.41) is 0. The van der Waals surface area contributed by atoms with Crippen molar-refractivity contribution in [1.29, 1.82) is 0 Å². The minimum absolute atomic E-state index is 0.294. The summed E-state index contributed by atoms with van der Waals surface area (Å²) >= 11 is 0. The Hall–Kier alpha value is -0.300. The van der Waals surface area contributed by atoms with Crippen molar-refractivity contribution in [1.82, 2.24) is 0 Å². The van der Waals surface area contributed by atoms with Gasteiger partial charge < -0.3 is 5.73 Å². The van der Waals surface area contributed by atoms with Crippen molar-refractivity contribution in [2.75, 3.05) is 0 Å². The summed E-state index contributed by atoms with van der Waals surface area (Å²) in [5.41, 5.74) is 6.93. The van der Waals surface area contributed by atoms with Crippen molar-refractivity contribution < 1.29 is 0 Å². The van der Waals surface area contributed by atoms with Crippen LogP contribution in [0.3, 0.4) is 0 Å². The van der Waals surface area contributed by atoms with Gasteiger partial charge >= 0.3 is 0 Å². The van der Waals surface area contributed by atoms with Gasteiger partial charge in [0.05, 0.1) is 0 Å². The van der Waals surface area contributed by atoms with Crippen LogP contribution in [0.25, 0.3) is 0 Å². The maximum atomic E-state index is 5.76. The first kappa shape index (κ1) is 8.70. The first-order chi connectivity index (χ1) is 4.04. The predicted octanol–water partition coefficient (Wildman–Crippen LogP) is 1.94. The molecule has 0 saturated heterocycles. The van der Waals surface area contributed by atoms with Gasteiger partial charge in [0.25, 0.3) is 0 Å². The quantitative estimate of drug-likeness (QED) is 0.576. The first-order valence-electron chi connectivity index (χ1n) is 3.44. The minimum Gasteiger partial charge on any atom is -0.327 e. The Morgan fingerprint density at radius 1 is 1.56 bits per heavy atom. The van der Waals surface area contributed by atoms with Gasteiger partial charge in [-0.3, -0.25) is 0 Å². The van der Waals surface area contributed by atoms with Gasteiger partial charge in [-0.05, 0) is 19.3 Å². The van der Waals surface area contributed by atoms with Gasteiger partial charge in [0, 0.05) is 6.04 Å². The van der Waals surface area contributed by atoms with Crippen molar-refractivity contribution in [2.24, 2.45) is 11.7 Å². The van der Waals surface area contributed by atoms with Gasteiger partial charge in [-0.2, -0.15) is 0 Å². The molecule has 0 aromatic heterocycles. The van der Waals surface area contributed by atoms with Crippen LogP contribution < -0.4 is 5.73 Å². The zero-order chi connectivity index (χ0) is 7.44. The van der Waals surface area contributed by atoms with E-state index >= 15 is 0 Å². The molecule has 1 nitrogen and oxygen atoms in total. The van der Waals surface area contributed by atoms with Crippen LogP contribution in [0.5, 0.6) is 0 Å². The van der Waals surface area contributed by atoms with Crippen LogP contribution in [0, 0.1) is 5.92 Å². The van der Waals surface area contributed by atoms with E-state index in [1.54, 1.807) is 0 Å². The average molecular weight is 127 g/mol. The smallest absolute Gasteiger partial charge is 0.00990 e. The molecule has 0 aliphatic heterocycles. The van der Waals surface area contributed by atoms with Crippen molar-refractivity contribution >= 4 is 0 Å². The summed E-state index contributed by atoms with van der Waals surface area (Å²) in [6.45, 7) is 10.1. The second-order valence-corrected chi connectivity index (χ2v) is 3.07. The average Bonchev–Trinajstić information content (AvgIpc) is 1.63. The number of rotatable bonds is 3. The highest BCUT2D eigenvalue weighted by molar-refractivity contribution is 4.92. The summed E-state index contributed by atoms with van der Waals surface area (Å²) in [5.74, 6) is 0.571. The molecule has 0 aromatic rings. The monoisotopic (exact) mass is 127 g/mol. The maximum absolute atomic E-state index is 5.76. The minimum atomic E-state index is 0.294. The highest BCUT2D eigenvalue weighted by Crippen LogP contribution is 2.07. The molecule has 0 bridgehead atoms. The van der Waals surface area contributed by atoms with Crippen LogP contribution >= 0.6 is 0 Å². The second kappa shape index (κ2) is 3.67. The Bertz CT molecular complexity index is 94.7. The standard InChI is InChI=1S/C8H17N/c1-6(2)5-8(9)7(3)4/h7-8H,1,5,9H2,2-4H3/t8-/m0/s1. The molecule has 0 unspecified atom stereocenters. The molecule has 0 rings (SSSR count). The Kier molecular flexibility index (Phi) is 3.55. The van der Waals surface area contributed by atoms with E-state index in [2.05, 4.69) is 20.4 Å². The van der Waals surface area contributed by atoms with E-state index in [0.29, 0.717) is 12.0 Å². The first-order valence-corrected chi connectivity index (χ1v) is 3.44. The molecule has 0 spiro atoms. The zero-order valence-corrected chi connectivity index (χ0v) is 6.65. The van der Waals surface area contributed by atoms with E-state index in [9.17, 15) is 0 Å². The van der Waals surface area contributed by atoms with Crippen LogP contribution in [-0.2, 0) is 0 Å². The van der Waals surface area contributed by atoms with Gasteiger partial charge in [-0.15, -0.1) is 6.58 Å². The third-order valence-electron chi connectivity index (χ3n) is 1.44. The Labute approximate surface area is 57.9 Å². The van der Waals surface area contributed by atoms with Gasteiger partial charge in [-0.25, -0.2) is 0 Å². The molecule has 9 heavy (non-hydrogen) atoms. The number of nitrogens with two attached hydrogens (primary N) is 1. The van der Waals surface area contributed by atoms with Gasteiger partial charge in [0.15, 0.2) is 0 Å². The number of hydrogen-bond donors (Lipinski definition) is 1. The lowest BCUT2D eigenvalue weighted by Gasteiger charge is -2.14. The zero-order valence-electron chi connectivity index (χ0n) is 6.65. The summed E-state index contributed by atoms with van der Waals surface area (Å²) in [6.07, 6.45) is 0.956. The molecule has 0 fully saturated rings. The molecule has 1 atom stereocenters. The third kappa shape index (κ3) is 4.22. The molecular weight excluding hydrogens is 110 g/mol. The normalized spacial score (nSPS) is 13.9. The van der Waals surface area contributed by atoms with Crippen molar-refractivity contribution in [3.63, 3.8) is 0 Å². The summed E-state index contributed by atoms with van der Waals surface area (Å²) in [7, 11) is 0. The van der Waals surface area contributed by atoms with Gasteiger partial charge in [0.1, 0.15) is 0 Å². The summed E-state index contributed by atoms with van der Waals surface area (Å²) < 4.78 is 0. The lowest BCUT2D eigenvalue weighted by molar-refractivity contribution is 0.489. The van der Waals surface area contributed by atoms with E-state index in [4.69, 9.17) is 5.73 Å². The summed E-state index contributed by atoms with van der Waals surface area (Å²) in [6, 6.07) is 0.294. The van der Waals surface area contributed by atoms with Crippen LogP contribution in [0.1, 0.15) is 27.2 Å². The fraction of sp³-hybridized carbons (Fsp3) is 0.750. The van der Waals surface area contributed by atoms with Gasteiger partial charge in [-0.1, -0.05) is 19.4 Å². The van der Waals surface area contributed by atoms with Crippen LogP contribution in [0.2, 0.25) is 0 Å². The molecule has 0 aliphatic rings. The van der Waals surface area contributed by atoms with Crippen LogP contribution in [0.15, 0.2) is 12.2 Å². The molecule has 1 heteroatoms. The van der Waals surface area contributed by atoms with E-state index in [0.717, 1.165) is 6.42 Å². The Morgan fingerprint density at radius 2 is 2.00 bits per heavy atom. The molecule has 54 valence electrons. The fourth-order valence-electron chi connectivity index (χ4n) is 0.638. The topological polar surface area (TPSA) is 26.0 Å². The second-order valence-electron chi connectivity index (χ2n) is 3.07. The Morgan fingerprint density at radius 3 is 2.11 bits per heavy atom. The predicted molar refractivity (Wildman–Crippen MR) is 42.2 cm³/mol. The van der Waals surface area contributed by atoms with Crippen molar-refractivity contribution in [3.05, 3.63) is 12.2 Å². The summed E-state index contributed by atoms with van der Waals surface area (Å²) in [4.78, 5) is 0. The highest BCUT2D eigenvalue weighted by Gasteiger charge is 2.05. The highest BCUT2D eigenvalue weighted by atomic mass is 14.6. The molecule has 0 saturated carbocycles. The van der Waals surface area contributed by atoms with Gasteiger partial charge in [0.2, 0.25) is 0 Å². The maximum Gasteiger partial charge on any atom is 0.00990 e. The molecule has 2 N–H and O–H groups in total. The van der Waals surface area contributed by atoms with E-state index < -0.39 is 0 Å². The van der Waals surface area contributed by atoms with Crippen molar-refractivity contribution in [3.8, 4) is 0 Å². The fourth-order valence-corrected chi connectivity index (χ4v) is 0.638. The molecule has 0 amide bonds. The van der Waals surface area contributed by atoms with Crippen molar-refractivity contribution in [2.45, 2.75) is 33.2 Å². The van der Waals surface area contributed by atoms with E-state index in [-0.39, 0.29) is 0 Å². The molecule has 0 radical (unpaired) electrons. The molecule has 0 aromatic carbocycles. The molecular formula is C8H17N. The third-order valence-corrected chi connectivity index (χ3v) is 1.44. The molecule has 0 aliphatic carbocycles.